The van der Waals surface area contributed by atoms with Crippen LogP contribution in [0.3, 0.4) is 0 Å². The number of nitrogens with zero attached hydrogens (tertiary/aromatic N) is 1. The summed E-state index contributed by atoms with van der Waals surface area (Å²) < 4.78 is 0. The van der Waals surface area contributed by atoms with Crippen molar-refractivity contribution in [2.24, 2.45) is 0 Å². The Hall–Kier alpha value is -1.51. The van der Waals surface area contributed by atoms with Crippen LogP contribution < -0.4 is 5.32 Å². The quantitative estimate of drug-likeness (QED) is 0.893. The molecule has 3 rings (SSSR count). The first-order chi connectivity index (χ1) is 9.79. The van der Waals surface area contributed by atoms with E-state index in [2.05, 4.69) is 30.4 Å². The number of hydrogen-bond acceptors (Lipinski definition) is 2. The molecule has 3 nitrogen and oxygen atoms in total. The van der Waals surface area contributed by atoms with E-state index in [1.165, 1.54) is 48.9 Å². The van der Waals surface area contributed by atoms with Gasteiger partial charge in [0.25, 0.3) is 0 Å². The molecule has 1 N–H and O–H groups in total. The van der Waals surface area contributed by atoms with Gasteiger partial charge in [0, 0.05) is 18.3 Å². The average molecular weight is 272 g/mol. The summed E-state index contributed by atoms with van der Waals surface area (Å²) in [6.45, 7) is 3.33. The first kappa shape index (κ1) is 13.5. The van der Waals surface area contributed by atoms with Crippen LogP contribution in [-0.2, 0) is 17.6 Å². The van der Waals surface area contributed by atoms with Crippen LogP contribution >= 0.6 is 0 Å². The molecule has 0 saturated heterocycles. The number of likely N-dealkylation sites (N-methyl/N-ethyl adjacent to an activating group) is 1. The third kappa shape index (κ3) is 2.82. The van der Waals surface area contributed by atoms with Crippen LogP contribution in [0.2, 0.25) is 0 Å². The van der Waals surface area contributed by atoms with Crippen LogP contribution in [0.15, 0.2) is 18.2 Å². The standard InChI is InChI=1S/C17H24N2O/c1-2-19(14-10-11-14)17(20)12-18-16-9-5-7-13-6-3-4-8-15(13)16/h5,7,9,14,18H,2-4,6,8,10-12H2,1H3. The van der Waals surface area contributed by atoms with Crippen LogP contribution in [-0.4, -0.2) is 29.9 Å². The van der Waals surface area contributed by atoms with E-state index in [1.54, 1.807) is 0 Å². The van der Waals surface area contributed by atoms with Gasteiger partial charge in [-0.3, -0.25) is 4.79 Å². The molecule has 0 heterocycles. The number of carbonyl (C=O) groups excluding carboxylic acids is 1. The zero-order valence-corrected chi connectivity index (χ0v) is 12.3. The number of carbonyl (C=O) groups is 1. The molecule has 0 spiro atoms. The van der Waals surface area contributed by atoms with Gasteiger partial charge in [0.15, 0.2) is 0 Å². The van der Waals surface area contributed by atoms with Crippen molar-refractivity contribution in [1.82, 2.24) is 4.90 Å². The van der Waals surface area contributed by atoms with Crippen LogP contribution in [0.1, 0.15) is 43.7 Å². The molecule has 108 valence electrons. The maximum Gasteiger partial charge on any atom is 0.242 e. The molecule has 0 radical (unpaired) electrons. The van der Waals surface area contributed by atoms with Crippen LogP contribution in [0.4, 0.5) is 5.69 Å². The van der Waals surface area contributed by atoms with Gasteiger partial charge >= 0.3 is 0 Å². The summed E-state index contributed by atoms with van der Waals surface area (Å²) in [5.74, 6) is 0.239. The summed E-state index contributed by atoms with van der Waals surface area (Å²) >= 11 is 0. The van der Waals surface area contributed by atoms with E-state index in [1.807, 2.05) is 4.90 Å². The summed E-state index contributed by atoms with van der Waals surface area (Å²) in [5, 5.41) is 3.38. The molecule has 0 unspecified atom stereocenters. The lowest BCUT2D eigenvalue weighted by atomic mass is 9.90. The Bertz CT molecular complexity index is 494. The van der Waals surface area contributed by atoms with Crippen molar-refractivity contribution in [3.63, 3.8) is 0 Å². The highest BCUT2D eigenvalue weighted by molar-refractivity contribution is 5.81. The van der Waals surface area contributed by atoms with Gasteiger partial charge in [-0.15, -0.1) is 0 Å². The number of anilines is 1. The van der Waals surface area contributed by atoms with Crippen molar-refractivity contribution < 1.29 is 4.79 Å². The zero-order chi connectivity index (χ0) is 13.9. The average Bonchev–Trinajstić information content (AvgIpc) is 3.30. The molecule has 20 heavy (non-hydrogen) atoms. The first-order valence-electron chi connectivity index (χ1n) is 7.93. The van der Waals surface area contributed by atoms with Gasteiger partial charge in [-0.25, -0.2) is 0 Å². The van der Waals surface area contributed by atoms with E-state index < -0.39 is 0 Å². The Morgan fingerprint density at radius 2 is 2.10 bits per heavy atom. The minimum Gasteiger partial charge on any atom is -0.376 e. The van der Waals surface area contributed by atoms with Gasteiger partial charge in [0.1, 0.15) is 0 Å². The summed E-state index contributed by atoms with van der Waals surface area (Å²) in [6, 6.07) is 6.96. The van der Waals surface area contributed by atoms with E-state index in [9.17, 15) is 4.79 Å². The lowest BCUT2D eigenvalue weighted by Gasteiger charge is -2.23. The molecule has 1 aromatic carbocycles. The Morgan fingerprint density at radius 1 is 1.30 bits per heavy atom. The molecular weight excluding hydrogens is 248 g/mol. The number of rotatable bonds is 5. The molecule has 1 amide bonds. The van der Waals surface area contributed by atoms with E-state index in [0.717, 1.165) is 13.0 Å². The smallest absolute Gasteiger partial charge is 0.242 e. The summed E-state index contributed by atoms with van der Waals surface area (Å²) in [6.07, 6.45) is 7.25. The molecule has 2 aliphatic rings. The van der Waals surface area contributed by atoms with Crippen molar-refractivity contribution in [2.75, 3.05) is 18.4 Å². The van der Waals surface area contributed by atoms with E-state index in [0.29, 0.717) is 12.6 Å². The highest BCUT2D eigenvalue weighted by Gasteiger charge is 2.31. The first-order valence-corrected chi connectivity index (χ1v) is 7.93. The fraction of sp³-hybridized carbons (Fsp3) is 0.588. The second kappa shape index (κ2) is 5.86. The number of hydrogen-bond donors (Lipinski definition) is 1. The second-order valence-electron chi connectivity index (χ2n) is 5.91. The maximum absolute atomic E-state index is 12.3. The summed E-state index contributed by atoms with van der Waals surface area (Å²) in [7, 11) is 0. The van der Waals surface area contributed by atoms with Gasteiger partial charge < -0.3 is 10.2 Å². The highest BCUT2D eigenvalue weighted by Crippen LogP contribution is 2.29. The fourth-order valence-corrected chi connectivity index (χ4v) is 3.24. The topological polar surface area (TPSA) is 32.3 Å². The third-order valence-electron chi connectivity index (χ3n) is 4.47. The lowest BCUT2D eigenvalue weighted by molar-refractivity contribution is -0.129. The Kier molecular flexibility index (Phi) is 3.95. The minimum atomic E-state index is 0.239. The van der Waals surface area contributed by atoms with Crippen LogP contribution in [0.5, 0.6) is 0 Å². The summed E-state index contributed by atoms with van der Waals surface area (Å²) in [5.41, 5.74) is 4.06. The fourth-order valence-electron chi connectivity index (χ4n) is 3.24. The second-order valence-corrected chi connectivity index (χ2v) is 5.91. The Labute approximate surface area is 121 Å². The molecule has 1 aromatic rings. The molecule has 2 aliphatic carbocycles. The highest BCUT2D eigenvalue weighted by atomic mass is 16.2. The lowest BCUT2D eigenvalue weighted by Crippen LogP contribution is -2.37. The van der Waals surface area contributed by atoms with Gasteiger partial charge in [-0.05, 0) is 62.6 Å². The SMILES string of the molecule is CCN(C(=O)CNc1cccc2c1CCCC2)C1CC1. The third-order valence-corrected chi connectivity index (χ3v) is 4.47. The van der Waals surface area contributed by atoms with E-state index in [4.69, 9.17) is 0 Å². The monoisotopic (exact) mass is 272 g/mol. The predicted molar refractivity (Wildman–Crippen MR) is 82.0 cm³/mol. The van der Waals surface area contributed by atoms with Crippen LogP contribution in [0.25, 0.3) is 0 Å². The van der Waals surface area contributed by atoms with Crippen molar-refractivity contribution >= 4 is 11.6 Å². The number of benzene rings is 1. The van der Waals surface area contributed by atoms with Gasteiger partial charge in [0.2, 0.25) is 5.91 Å². The van der Waals surface area contributed by atoms with Crippen molar-refractivity contribution in [2.45, 2.75) is 51.5 Å². The molecule has 0 aliphatic heterocycles. The zero-order valence-electron chi connectivity index (χ0n) is 12.3. The van der Waals surface area contributed by atoms with Crippen molar-refractivity contribution in [1.29, 1.82) is 0 Å². The maximum atomic E-state index is 12.3. The largest absolute Gasteiger partial charge is 0.376 e. The summed E-state index contributed by atoms with van der Waals surface area (Å²) in [4.78, 5) is 14.3. The van der Waals surface area contributed by atoms with Gasteiger partial charge in [0.05, 0.1) is 6.54 Å². The minimum absolute atomic E-state index is 0.239. The molecule has 0 bridgehead atoms. The Morgan fingerprint density at radius 3 is 2.85 bits per heavy atom. The van der Waals surface area contributed by atoms with Gasteiger partial charge in [-0.1, -0.05) is 12.1 Å². The van der Waals surface area contributed by atoms with Crippen molar-refractivity contribution in [3.05, 3.63) is 29.3 Å². The van der Waals surface area contributed by atoms with E-state index in [-0.39, 0.29) is 5.91 Å². The van der Waals surface area contributed by atoms with Gasteiger partial charge in [-0.2, -0.15) is 0 Å². The normalized spacial score (nSPS) is 17.4. The van der Waals surface area contributed by atoms with Crippen molar-refractivity contribution in [3.8, 4) is 0 Å². The molecule has 0 atom stereocenters. The Balaban J connectivity index is 1.64. The number of amides is 1. The molecular formula is C17H24N2O. The number of fused-ring (bicyclic) bond motifs is 1. The number of aryl methyl sites for hydroxylation is 1. The molecule has 1 saturated carbocycles. The number of nitrogens with one attached hydrogen (secondary N) is 1. The van der Waals surface area contributed by atoms with E-state index >= 15 is 0 Å². The molecule has 0 aromatic heterocycles. The predicted octanol–water partition coefficient (Wildman–Crippen LogP) is 2.99. The van der Waals surface area contributed by atoms with Crippen LogP contribution in [0, 0.1) is 0 Å². The molecule has 3 heteroatoms. The molecule has 1 fully saturated rings.